The van der Waals surface area contributed by atoms with Gasteiger partial charge in [0, 0.05) is 18.7 Å². The third kappa shape index (κ3) is 4.02. The molecule has 0 spiro atoms. The van der Waals surface area contributed by atoms with Gasteiger partial charge in [0.1, 0.15) is 0 Å². The van der Waals surface area contributed by atoms with Gasteiger partial charge in [-0.2, -0.15) is 4.98 Å². The lowest BCUT2D eigenvalue weighted by atomic mass is 10.1. The Bertz CT molecular complexity index is 940. The molecule has 0 bridgehead atoms. The average Bonchev–Trinajstić information content (AvgIpc) is 3.53. The summed E-state index contributed by atoms with van der Waals surface area (Å²) in [5.41, 5.74) is 0.100. The number of rotatable bonds is 7. The highest BCUT2D eigenvalue weighted by Gasteiger charge is 2.32. The minimum Gasteiger partial charge on any atom is -0.477 e. The van der Waals surface area contributed by atoms with Crippen LogP contribution in [0.25, 0.3) is 0 Å². The van der Waals surface area contributed by atoms with Gasteiger partial charge < -0.3 is 14.8 Å². The maximum atomic E-state index is 12.4. The molecule has 0 aromatic carbocycles. The number of carbonyl (C=O) groups excluding carboxylic acids is 1. The van der Waals surface area contributed by atoms with E-state index in [4.69, 9.17) is 9.47 Å². The first-order valence-corrected chi connectivity index (χ1v) is 9.50. The molecule has 2 aliphatic carbocycles. The van der Waals surface area contributed by atoms with Crippen molar-refractivity contribution in [2.45, 2.75) is 51.0 Å². The van der Waals surface area contributed by atoms with E-state index < -0.39 is 17.4 Å². The summed E-state index contributed by atoms with van der Waals surface area (Å²) >= 11 is 0. The zero-order valence-corrected chi connectivity index (χ0v) is 16.2. The molecule has 9 nitrogen and oxygen atoms in total. The Labute approximate surface area is 162 Å². The highest BCUT2D eigenvalue weighted by molar-refractivity contribution is 5.71. The summed E-state index contributed by atoms with van der Waals surface area (Å²) in [5, 5.41) is 6.40. The number of carbonyl (C=O) groups is 1. The number of hydrogen-bond donors (Lipinski definition) is 1. The summed E-state index contributed by atoms with van der Waals surface area (Å²) in [5.74, 6) is 1.48. The molecule has 0 radical (unpaired) electrons. The number of hydrogen-bond acceptors (Lipinski definition) is 7. The topological polar surface area (TPSA) is 108 Å². The molecule has 2 aromatic rings. The molecular formula is C19H24N4O5. The second-order valence-corrected chi connectivity index (χ2v) is 8.04. The number of amides is 1. The second kappa shape index (κ2) is 6.96. The molecule has 2 aromatic heterocycles. The van der Waals surface area contributed by atoms with E-state index in [0.717, 1.165) is 18.4 Å². The van der Waals surface area contributed by atoms with Gasteiger partial charge in [-0.1, -0.05) is 5.16 Å². The first-order chi connectivity index (χ1) is 13.3. The van der Waals surface area contributed by atoms with Gasteiger partial charge in [0.05, 0.1) is 12.1 Å². The first-order valence-electron chi connectivity index (χ1n) is 9.50. The first kappa shape index (κ1) is 18.5. The van der Waals surface area contributed by atoms with E-state index in [0.29, 0.717) is 24.3 Å². The molecule has 150 valence electrons. The summed E-state index contributed by atoms with van der Waals surface area (Å²) in [7, 11) is 1.52. The van der Waals surface area contributed by atoms with Gasteiger partial charge in [-0.05, 0) is 57.4 Å². The van der Waals surface area contributed by atoms with E-state index in [1.165, 1.54) is 24.5 Å². The molecule has 2 heterocycles. The third-order valence-corrected chi connectivity index (χ3v) is 5.01. The van der Waals surface area contributed by atoms with Crippen LogP contribution < -0.4 is 20.5 Å². The quantitative estimate of drug-likeness (QED) is 0.776. The Morgan fingerprint density at radius 2 is 2.07 bits per heavy atom. The fourth-order valence-electron chi connectivity index (χ4n) is 3.05. The van der Waals surface area contributed by atoms with Gasteiger partial charge in [0.25, 0.3) is 0 Å². The Morgan fingerprint density at radius 3 is 2.68 bits per heavy atom. The highest BCUT2D eigenvalue weighted by atomic mass is 16.6. The molecule has 2 fully saturated rings. The molecule has 4 rings (SSSR count). The van der Waals surface area contributed by atoms with Gasteiger partial charge in [-0.3, -0.25) is 9.09 Å². The average molecular weight is 388 g/mol. The molecular weight excluding hydrogens is 364 g/mol. The summed E-state index contributed by atoms with van der Waals surface area (Å²) in [6.07, 6.45) is 3.94. The lowest BCUT2D eigenvalue weighted by Crippen LogP contribution is -2.44. The van der Waals surface area contributed by atoms with E-state index in [1.54, 1.807) is 19.9 Å². The standard InChI is InChI=1S/C19H24N4O5/c1-19(2,16-22-28-18(25)23(16)3)21-17(24)27-14-9-8-13(12-6-7-12)15(20-14)26-10-11-4-5-11/h8-9,11-12H,4-7,10H2,1-3H3,(H,21,24). The Morgan fingerprint density at radius 1 is 1.32 bits per heavy atom. The molecule has 0 unspecified atom stereocenters. The van der Waals surface area contributed by atoms with Crippen LogP contribution in [0.15, 0.2) is 21.5 Å². The van der Waals surface area contributed by atoms with Crippen LogP contribution in [0.2, 0.25) is 0 Å². The molecule has 2 aliphatic rings. The van der Waals surface area contributed by atoms with Crippen LogP contribution in [0.1, 0.15) is 56.8 Å². The zero-order chi connectivity index (χ0) is 19.9. The van der Waals surface area contributed by atoms with Crippen molar-refractivity contribution in [1.82, 2.24) is 20.0 Å². The number of ether oxygens (including phenoxy) is 2. The summed E-state index contributed by atoms with van der Waals surface area (Å²) in [6.45, 7) is 4.04. The van der Waals surface area contributed by atoms with Gasteiger partial charge in [-0.15, -0.1) is 0 Å². The van der Waals surface area contributed by atoms with Crippen LogP contribution >= 0.6 is 0 Å². The molecule has 9 heteroatoms. The smallest absolute Gasteiger partial charge is 0.441 e. The Kier molecular flexibility index (Phi) is 4.60. The lowest BCUT2D eigenvalue weighted by Gasteiger charge is -2.23. The Hall–Kier alpha value is -2.84. The minimum absolute atomic E-state index is 0.164. The second-order valence-electron chi connectivity index (χ2n) is 8.04. The van der Waals surface area contributed by atoms with Crippen molar-refractivity contribution in [3.63, 3.8) is 0 Å². The highest BCUT2D eigenvalue weighted by Crippen LogP contribution is 2.44. The zero-order valence-electron chi connectivity index (χ0n) is 16.2. The molecule has 2 saturated carbocycles. The van der Waals surface area contributed by atoms with Crippen molar-refractivity contribution >= 4 is 6.09 Å². The van der Waals surface area contributed by atoms with Crippen LogP contribution in [0, 0.1) is 5.92 Å². The fraction of sp³-hybridized carbons (Fsp3) is 0.579. The van der Waals surface area contributed by atoms with Crippen LogP contribution in [-0.4, -0.2) is 27.4 Å². The SMILES string of the molecule is Cn1c(C(C)(C)NC(=O)Oc2ccc(C3CC3)c(OCC3CC3)n2)noc1=O. The molecule has 28 heavy (non-hydrogen) atoms. The maximum absolute atomic E-state index is 12.4. The number of aromatic nitrogens is 3. The van der Waals surface area contributed by atoms with Gasteiger partial charge in [0.15, 0.2) is 5.82 Å². The molecule has 0 saturated heterocycles. The summed E-state index contributed by atoms with van der Waals surface area (Å²) in [6, 6.07) is 3.60. The van der Waals surface area contributed by atoms with Crippen LogP contribution in [0.4, 0.5) is 4.79 Å². The number of nitrogens with one attached hydrogen (secondary N) is 1. The van der Waals surface area contributed by atoms with E-state index in [2.05, 4.69) is 20.0 Å². The number of pyridine rings is 1. The van der Waals surface area contributed by atoms with Gasteiger partial charge >= 0.3 is 11.8 Å². The molecule has 1 N–H and O–H groups in total. The van der Waals surface area contributed by atoms with Gasteiger partial charge in [0.2, 0.25) is 11.8 Å². The lowest BCUT2D eigenvalue weighted by molar-refractivity contribution is 0.183. The predicted octanol–water partition coefficient (Wildman–Crippen LogP) is 2.46. The van der Waals surface area contributed by atoms with Crippen molar-refractivity contribution in [2.75, 3.05) is 6.61 Å². The number of nitrogens with zero attached hydrogens (tertiary/aromatic N) is 3. The van der Waals surface area contributed by atoms with E-state index in [9.17, 15) is 9.59 Å². The largest absolute Gasteiger partial charge is 0.477 e. The van der Waals surface area contributed by atoms with Crippen LogP contribution in [0.3, 0.4) is 0 Å². The monoisotopic (exact) mass is 388 g/mol. The minimum atomic E-state index is -0.975. The normalized spacial score (nSPS) is 16.7. The van der Waals surface area contributed by atoms with E-state index in [-0.39, 0.29) is 11.7 Å². The van der Waals surface area contributed by atoms with Gasteiger partial charge in [-0.25, -0.2) is 9.59 Å². The van der Waals surface area contributed by atoms with Crippen molar-refractivity contribution in [3.05, 3.63) is 34.1 Å². The predicted molar refractivity (Wildman–Crippen MR) is 98.4 cm³/mol. The molecule has 0 atom stereocenters. The van der Waals surface area contributed by atoms with Crippen molar-refractivity contribution in [2.24, 2.45) is 13.0 Å². The third-order valence-electron chi connectivity index (χ3n) is 5.01. The fourth-order valence-corrected chi connectivity index (χ4v) is 3.05. The summed E-state index contributed by atoms with van der Waals surface area (Å²) < 4.78 is 17.1. The van der Waals surface area contributed by atoms with Crippen molar-refractivity contribution < 1.29 is 18.8 Å². The summed E-state index contributed by atoms with van der Waals surface area (Å²) in [4.78, 5) is 28.3. The van der Waals surface area contributed by atoms with E-state index >= 15 is 0 Å². The van der Waals surface area contributed by atoms with Crippen molar-refractivity contribution in [1.29, 1.82) is 0 Å². The van der Waals surface area contributed by atoms with E-state index in [1.807, 2.05) is 6.07 Å². The Balaban J connectivity index is 1.45. The molecule has 0 aliphatic heterocycles. The molecule has 1 amide bonds. The maximum Gasteiger partial charge on any atom is 0.441 e. The van der Waals surface area contributed by atoms with Crippen LogP contribution in [0.5, 0.6) is 11.8 Å². The van der Waals surface area contributed by atoms with Crippen LogP contribution in [-0.2, 0) is 12.6 Å². The van der Waals surface area contributed by atoms with Crippen molar-refractivity contribution in [3.8, 4) is 11.8 Å².